The van der Waals surface area contributed by atoms with E-state index in [2.05, 4.69) is 9.55 Å². The summed E-state index contributed by atoms with van der Waals surface area (Å²) in [6, 6.07) is 7.39. The second-order valence-corrected chi connectivity index (χ2v) is 5.68. The van der Waals surface area contributed by atoms with E-state index in [1.165, 1.54) is 0 Å². The number of aromatic nitrogens is 2. The van der Waals surface area contributed by atoms with E-state index < -0.39 is 5.97 Å². The number of methoxy groups -OCH3 is 1. The number of aromatic carboxylic acids is 1. The van der Waals surface area contributed by atoms with Gasteiger partial charge in [-0.25, -0.2) is 9.78 Å². The van der Waals surface area contributed by atoms with Gasteiger partial charge in [0.2, 0.25) is 0 Å². The first kappa shape index (κ1) is 14.8. The molecule has 0 atom stereocenters. The Hall–Kier alpha value is -2.14. The highest BCUT2D eigenvalue weighted by molar-refractivity contribution is 5.95. The number of nitrogens with zero attached hydrogens (tertiary/aromatic N) is 2. The lowest BCUT2D eigenvalue weighted by Crippen LogP contribution is -2.23. The van der Waals surface area contributed by atoms with Gasteiger partial charge < -0.3 is 14.4 Å². The van der Waals surface area contributed by atoms with E-state index >= 15 is 0 Å². The van der Waals surface area contributed by atoms with Crippen molar-refractivity contribution in [2.75, 3.05) is 7.11 Å². The second kappa shape index (κ2) is 6.32. The Labute approximate surface area is 129 Å². The van der Waals surface area contributed by atoms with E-state index in [0.717, 1.165) is 31.5 Å². The Morgan fingerprint density at radius 3 is 2.68 bits per heavy atom. The van der Waals surface area contributed by atoms with Crippen molar-refractivity contribution in [3.63, 3.8) is 0 Å². The van der Waals surface area contributed by atoms with Gasteiger partial charge in [-0.2, -0.15) is 0 Å². The zero-order valence-electron chi connectivity index (χ0n) is 12.6. The minimum absolute atomic E-state index is 0.292. The van der Waals surface area contributed by atoms with Crippen LogP contribution >= 0.6 is 0 Å². The van der Waals surface area contributed by atoms with Crippen molar-refractivity contribution in [2.45, 2.75) is 37.8 Å². The molecule has 0 aliphatic heterocycles. The summed E-state index contributed by atoms with van der Waals surface area (Å²) in [5.74, 6) is -0.188. The van der Waals surface area contributed by atoms with Crippen LogP contribution in [0.1, 0.15) is 42.1 Å². The molecule has 1 aliphatic rings. The van der Waals surface area contributed by atoms with E-state index in [0.29, 0.717) is 23.3 Å². The molecule has 0 bridgehead atoms. The third kappa shape index (κ3) is 2.76. The molecule has 0 unspecified atom stereocenters. The zero-order valence-corrected chi connectivity index (χ0v) is 12.6. The van der Waals surface area contributed by atoms with Gasteiger partial charge in [-0.1, -0.05) is 18.2 Å². The van der Waals surface area contributed by atoms with E-state index in [-0.39, 0.29) is 0 Å². The molecule has 5 heteroatoms. The Morgan fingerprint density at radius 2 is 2.00 bits per heavy atom. The Morgan fingerprint density at radius 1 is 1.27 bits per heavy atom. The van der Waals surface area contributed by atoms with Gasteiger partial charge in [0.1, 0.15) is 5.82 Å². The SMILES string of the molecule is COC1CCC(n2ccnc2-c2ccccc2C(=O)O)CC1. The summed E-state index contributed by atoms with van der Waals surface area (Å²) >= 11 is 0. The highest BCUT2D eigenvalue weighted by Gasteiger charge is 2.25. The number of carboxylic acids is 1. The molecule has 3 rings (SSSR count). The Bertz CT molecular complexity index is 657. The molecule has 0 radical (unpaired) electrons. The normalized spacial score (nSPS) is 21.7. The minimum Gasteiger partial charge on any atom is -0.478 e. The lowest BCUT2D eigenvalue weighted by Gasteiger charge is -2.29. The maximum Gasteiger partial charge on any atom is 0.336 e. The van der Waals surface area contributed by atoms with Crippen LogP contribution < -0.4 is 0 Å². The van der Waals surface area contributed by atoms with Crippen LogP contribution in [0.5, 0.6) is 0 Å². The highest BCUT2D eigenvalue weighted by Crippen LogP contribution is 2.33. The average molecular weight is 300 g/mol. The summed E-state index contributed by atoms with van der Waals surface area (Å²) in [5.41, 5.74) is 0.967. The van der Waals surface area contributed by atoms with Crippen LogP contribution in [0.25, 0.3) is 11.4 Å². The van der Waals surface area contributed by atoms with Gasteiger partial charge in [0.05, 0.1) is 11.7 Å². The fourth-order valence-electron chi connectivity index (χ4n) is 3.24. The fourth-order valence-corrected chi connectivity index (χ4v) is 3.24. The summed E-state index contributed by atoms with van der Waals surface area (Å²) in [4.78, 5) is 15.8. The van der Waals surface area contributed by atoms with Gasteiger partial charge in [-0.05, 0) is 31.7 Å². The number of benzene rings is 1. The summed E-state index contributed by atoms with van der Waals surface area (Å²) in [5, 5.41) is 9.38. The monoisotopic (exact) mass is 300 g/mol. The van der Waals surface area contributed by atoms with E-state index in [1.54, 1.807) is 25.4 Å². The molecule has 0 amide bonds. The van der Waals surface area contributed by atoms with Crippen molar-refractivity contribution in [1.82, 2.24) is 9.55 Å². The number of carboxylic acid groups (broad SMARTS) is 1. The van der Waals surface area contributed by atoms with Crippen molar-refractivity contribution in [1.29, 1.82) is 0 Å². The van der Waals surface area contributed by atoms with Crippen LogP contribution in [0.3, 0.4) is 0 Å². The molecule has 1 N–H and O–H groups in total. The highest BCUT2D eigenvalue weighted by atomic mass is 16.5. The van der Waals surface area contributed by atoms with Crippen LogP contribution in [0.4, 0.5) is 0 Å². The smallest absolute Gasteiger partial charge is 0.336 e. The number of imidazole rings is 1. The number of hydrogen-bond acceptors (Lipinski definition) is 3. The fraction of sp³-hybridized carbons (Fsp3) is 0.412. The summed E-state index contributed by atoms with van der Waals surface area (Å²) in [6.45, 7) is 0. The summed E-state index contributed by atoms with van der Waals surface area (Å²) in [7, 11) is 1.76. The molecule has 2 aromatic rings. The van der Waals surface area contributed by atoms with E-state index in [1.807, 2.05) is 18.3 Å². The van der Waals surface area contributed by atoms with Gasteiger partial charge in [0, 0.05) is 31.1 Å². The summed E-state index contributed by atoms with van der Waals surface area (Å²) in [6.07, 6.45) is 8.14. The minimum atomic E-state index is -0.923. The molecular weight excluding hydrogens is 280 g/mol. The van der Waals surface area contributed by atoms with E-state index in [4.69, 9.17) is 4.74 Å². The molecule has 1 aromatic heterocycles. The van der Waals surface area contributed by atoms with Crippen LogP contribution in [0.2, 0.25) is 0 Å². The average Bonchev–Trinajstić information content (AvgIpc) is 3.04. The summed E-state index contributed by atoms with van der Waals surface area (Å²) < 4.78 is 7.54. The largest absolute Gasteiger partial charge is 0.478 e. The molecule has 1 aromatic carbocycles. The number of ether oxygens (including phenoxy) is 1. The molecule has 1 saturated carbocycles. The van der Waals surface area contributed by atoms with Crippen LogP contribution in [-0.4, -0.2) is 33.8 Å². The second-order valence-electron chi connectivity index (χ2n) is 5.68. The van der Waals surface area contributed by atoms with Gasteiger partial charge in [0.25, 0.3) is 0 Å². The molecule has 1 heterocycles. The lowest BCUT2D eigenvalue weighted by molar-refractivity contribution is 0.0586. The molecule has 0 spiro atoms. The third-order valence-corrected chi connectivity index (χ3v) is 4.44. The Balaban J connectivity index is 1.92. The van der Waals surface area contributed by atoms with Crippen molar-refractivity contribution in [3.05, 3.63) is 42.2 Å². The number of carbonyl (C=O) groups is 1. The predicted octanol–water partition coefficient (Wildman–Crippen LogP) is 3.38. The third-order valence-electron chi connectivity index (χ3n) is 4.44. The van der Waals surface area contributed by atoms with Crippen LogP contribution in [0, 0.1) is 0 Å². The quantitative estimate of drug-likeness (QED) is 0.940. The molecule has 116 valence electrons. The first-order chi connectivity index (χ1) is 10.7. The standard InChI is InChI=1S/C17H20N2O3/c1-22-13-8-6-12(7-9-13)19-11-10-18-16(19)14-4-2-3-5-15(14)17(20)21/h2-5,10-13H,6-9H2,1H3,(H,20,21). The molecule has 1 fully saturated rings. The Kier molecular flexibility index (Phi) is 4.24. The topological polar surface area (TPSA) is 64.4 Å². The van der Waals surface area contributed by atoms with Gasteiger partial charge in [0.15, 0.2) is 0 Å². The molecule has 22 heavy (non-hydrogen) atoms. The maximum absolute atomic E-state index is 11.4. The van der Waals surface area contributed by atoms with Gasteiger partial charge >= 0.3 is 5.97 Å². The van der Waals surface area contributed by atoms with Gasteiger partial charge in [-0.15, -0.1) is 0 Å². The van der Waals surface area contributed by atoms with Gasteiger partial charge in [-0.3, -0.25) is 0 Å². The van der Waals surface area contributed by atoms with E-state index in [9.17, 15) is 9.90 Å². The van der Waals surface area contributed by atoms with Crippen molar-refractivity contribution < 1.29 is 14.6 Å². The molecular formula is C17H20N2O3. The lowest BCUT2D eigenvalue weighted by atomic mass is 9.92. The van der Waals surface area contributed by atoms with Crippen LogP contribution in [0.15, 0.2) is 36.7 Å². The molecule has 5 nitrogen and oxygen atoms in total. The van der Waals surface area contributed by atoms with Crippen molar-refractivity contribution in [2.24, 2.45) is 0 Å². The number of hydrogen-bond donors (Lipinski definition) is 1. The molecule has 1 aliphatic carbocycles. The zero-order chi connectivity index (χ0) is 15.5. The molecule has 0 saturated heterocycles. The predicted molar refractivity (Wildman–Crippen MR) is 82.9 cm³/mol. The van der Waals surface area contributed by atoms with Crippen molar-refractivity contribution >= 4 is 5.97 Å². The number of rotatable bonds is 4. The first-order valence-electron chi connectivity index (χ1n) is 7.59. The van der Waals surface area contributed by atoms with Crippen LogP contribution in [-0.2, 0) is 4.74 Å². The van der Waals surface area contributed by atoms with Crippen molar-refractivity contribution in [3.8, 4) is 11.4 Å². The maximum atomic E-state index is 11.4. The first-order valence-corrected chi connectivity index (χ1v) is 7.59.